The van der Waals surface area contributed by atoms with Gasteiger partial charge in [0.2, 0.25) is 5.91 Å². The summed E-state index contributed by atoms with van der Waals surface area (Å²) < 4.78 is 7.10. The number of ether oxygens (including phenoxy) is 1. The number of halogens is 1. The maximum Gasteiger partial charge on any atom is 0.257 e. The van der Waals surface area contributed by atoms with Crippen LogP contribution in [-0.4, -0.2) is 46.7 Å². The second kappa shape index (κ2) is 9.87. The number of hydrogen-bond donors (Lipinski definition) is 1. The summed E-state index contributed by atoms with van der Waals surface area (Å²) in [7, 11) is 1.53. The van der Waals surface area contributed by atoms with Crippen LogP contribution in [0.25, 0.3) is 0 Å². The number of benzene rings is 2. The Bertz CT molecular complexity index is 1090. The lowest BCUT2D eigenvalue weighted by molar-refractivity contribution is -0.121. The quantitative estimate of drug-likeness (QED) is 0.611. The molecule has 2 aromatic carbocycles. The lowest BCUT2D eigenvalue weighted by Crippen LogP contribution is -2.41. The number of likely N-dealkylation sites (tertiary alicyclic amines) is 1. The molecule has 32 heavy (non-hydrogen) atoms. The summed E-state index contributed by atoms with van der Waals surface area (Å²) in [6, 6.07) is 15.0. The van der Waals surface area contributed by atoms with Crippen LogP contribution in [0.1, 0.15) is 28.8 Å². The van der Waals surface area contributed by atoms with Crippen molar-refractivity contribution >= 4 is 29.1 Å². The standard InChI is InChI=1S/C24H25ClN4O3/c1-32-22-8-7-19(25)13-21(22)24(31)28-11-9-18(10-12-28)23(30)27-20-14-26-29(16-20)15-17-5-3-2-4-6-17/h2-8,13-14,16,18H,9-12,15H2,1H3,(H,27,30). The molecule has 3 aromatic rings. The second-order valence-corrected chi connectivity index (χ2v) is 8.25. The summed E-state index contributed by atoms with van der Waals surface area (Å²) in [6.45, 7) is 1.64. The van der Waals surface area contributed by atoms with Crippen molar-refractivity contribution in [1.29, 1.82) is 0 Å². The molecule has 1 aliphatic rings. The van der Waals surface area contributed by atoms with Crippen LogP contribution < -0.4 is 10.1 Å². The molecule has 0 atom stereocenters. The highest BCUT2D eigenvalue weighted by Crippen LogP contribution is 2.27. The highest BCUT2D eigenvalue weighted by molar-refractivity contribution is 6.31. The third-order valence-corrected chi connectivity index (χ3v) is 5.87. The fraction of sp³-hybridized carbons (Fsp3) is 0.292. The van der Waals surface area contributed by atoms with Gasteiger partial charge in [0.25, 0.3) is 5.91 Å². The van der Waals surface area contributed by atoms with Crippen molar-refractivity contribution in [3.05, 3.63) is 77.1 Å². The molecular formula is C24H25ClN4O3. The molecule has 7 nitrogen and oxygen atoms in total. The molecule has 4 rings (SSSR count). The first-order valence-corrected chi connectivity index (χ1v) is 10.9. The number of amides is 2. The topological polar surface area (TPSA) is 76.5 Å². The molecular weight excluding hydrogens is 428 g/mol. The van der Waals surface area contributed by atoms with Gasteiger partial charge >= 0.3 is 0 Å². The number of carbonyl (C=O) groups excluding carboxylic acids is 2. The van der Waals surface area contributed by atoms with Gasteiger partial charge in [-0.2, -0.15) is 5.10 Å². The van der Waals surface area contributed by atoms with E-state index in [4.69, 9.17) is 16.3 Å². The third kappa shape index (κ3) is 5.11. The molecule has 0 bridgehead atoms. The molecule has 1 aliphatic heterocycles. The summed E-state index contributed by atoms with van der Waals surface area (Å²) in [4.78, 5) is 27.4. The van der Waals surface area contributed by atoms with Crippen molar-refractivity contribution in [2.24, 2.45) is 5.92 Å². The first-order chi connectivity index (χ1) is 15.5. The Balaban J connectivity index is 1.31. The van der Waals surface area contributed by atoms with Crippen LogP contribution in [0.15, 0.2) is 60.9 Å². The average Bonchev–Trinajstić information content (AvgIpc) is 3.25. The van der Waals surface area contributed by atoms with E-state index in [2.05, 4.69) is 10.4 Å². The minimum Gasteiger partial charge on any atom is -0.496 e. The van der Waals surface area contributed by atoms with Crippen LogP contribution in [0, 0.1) is 5.92 Å². The first kappa shape index (κ1) is 21.9. The third-order valence-electron chi connectivity index (χ3n) is 5.63. The van der Waals surface area contributed by atoms with Crippen molar-refractivity contribution in [2.45, 2.75) is 19.4 Å². The maximum atomic E-state index is 12.9. The number of anilines is 1. The Labute approximate surface area is 191 Å². The van der Waals surface area contributed by atoms with Gasteiger partial charge in [-0.05, 0) is 36.6 Å². The van der Waals surface area contributed by atoms with E-state index in [1.807, 2.05) is 36.5 Å². The minimum absolute atomic E-state index is 0.0447. The number of piperidine rings is 1. The number of nitrogens with zero attached hydrogens (tertiary/aromatic N) is 3. The Kier molecular flexibility index (Phi) is 6.75. The zero-order valence-electron chi connectivity index (χ0n) is 17.8. The van der Waals surface area contributed by atoms with Gasteiger partial charge in [-0.25, -0.2) is 0 Å². The first-order valence-electron chi connectivity index (χ1n) is 10.5. The SMILES string of the molecule is COc1ccc(Cl)cc1C(=O)N1CCC(C(=O)Nc2cnn(Cc3ccccc3)c2)CC1. The lowest BCUT2D eigenvalue weighted by atomic mass is 9.95. The van der Waals surface area contributed by atoms with Gasteiger partial charge in [-0.15, -0.1) is 0 Å². The van der Waals surface area contributed by atoms with E-state index in [-0.39, 0.29) is 17.7 Å². The number of carbonyl (C=O) groups is 2. The predicted octanol–water partition coefficient (Wildman–Crippen LogP) is 4.08. The molecule has 2 amide bonds. The molecule has 0 aliphatic carbocycles. The fourth-order valence-electron chi connectivity index (χ4n) is 3.89. The number of hydrogen-bond acceptors (Lipinski definition) is 4. The van der Waals surface area contributed by atoms with E-state index in [1.54, 1.807) is 34.0 Å². The summed E-state index contributed by atoms with van der Waals surface area (Å²) in [5.74, 6) is 0.159. The summed E-state index contributed by atoms with van der Waals surface area (Å²) >= 11 is 6.06. The van der Waals surface area contributed by atoms with E-state index in [9.17, 15) is 9.59 Å². The van der Waals surface area contributed by atoms with E-state index in [0.717, 1.165) is 5.56 Å². The van der Waals surface area contributed by atoms with Crippen molar-refractivity contribution in [1.82, 2.24) is 14.7 Å². The fourth-order valence-corrected chi connectivity index (χ4v) is 4.06. The summed E-state index contributed by atoms with van der Waals surface area (Å²) in [6.07, 6.45) is 4.68. The van der Waals surface area contributed by atoms with Gasteiger partial charge in [0, 0.05) is 30.2 Å². The minimum atomic E-state index is -0.155. The predicted molar refractivity (Wildman–Crippen MR) is 123 cm³/mol. The van der Waals surface area contributed by atoms with Gasteiger partial charge in [-0.1, -0.05) is 41.9 Å². The van der Waals surface area contributed by atoms with Gasteiger partial charge in [0.1, 0.15) is 5.75 Å². The van der Waals surface area contributed by atoms with Gasteiger partial charge < -0.3 is 15.0 Å². The van der Waals surface area contributed by atoms with Gasteiger partial charge in [0.05, 0.1) is 31.1 Å². The highest BCUT2D eigenvalue weighted by Gasteiger charge is 2.29. The molecule has 0 radical (unpaired) electrons. The molecule has 0 unspecified atom stereocenters. The summed E-state index contributed by atoms with van der Waals surface area (Å²) in [5, 5.41) is 7.77. The van der Waals surface area contributed by atoms with Crippen molar-refractivity contribution in [3.8, 4) is 5.75 Å². The maximum absolute atomic E-state index is 12.9. The number of nitrogens with one attached hydrogen (secondary N) is 1. The Morgan fingerprint density at radius 3 is 2.62 bits per heavy atom. The zero-order valence-corrected chi connectivity index (χ0v) is 18.6. The molecule has 8 heteroatoms. The Morgan fingerprint density at radius 1 is 1.16 bits per heavy atom. The van der Waals surface area contributed by atoms with Gasteiger partial charge in [0.15, 0.2) is 0 Å². The van der Waals surface area contributed by atoms with E-state index in [0.29, 0.717) is 54.5 Å². The zero-order chi connectivity index (χ0) is 22.5. The number of aromatic nitrogens is 2. The van der Waals surface area contributed by atoms with E-state index in [1.165, 1.54) is 7.11 Å². The smallest absolute Gasteiger partial charge is 0.257 e. The summed E-state index contributed by atoms with van der Waals surface area (Å²) in [5.41, 5.74) is 2.25. The van der Waals surface area contributed by atoms with Crippen molar-refractivity contribution < 1.29 is 14.3 Å². The molecule has 1 saturated heterocycles. The molecule has 0 spiro atoms. The monoisotopic (exact) mass is 452 g/mol. The molecule has 2 heterocycles. The normalized spacial score (nSPS) is 14.2. The lowest BCUT2D eigenvalue weighted by Gasteiger charge is -2.31. The molecule has 166 valence electrons. The molecule has 0 saturated carbocycles. The number of methoxy groups -OCH3 is 1. The van der Waals surface area contributed by atoms with Crippen LogP contribution in [-0.2, 0) is 11.3 Å². The molecule has 1 fully saturated rings. The van der Waals surface area contributed by atoms with Crippen LogP contribution in [0.5, 0.6) is 5.75 Å². The van der Waals surface area contributed by atoms with Gasteiger partial charge in [-0.3, -0.25) is 14.3 Å². The van der Waals surface area contributed by atoms with Crippen LogP contribution >= 0.6 is 11.6 Å². The van der Waals surface area contributed by atoms with Crippen molar-refractivity contribution in [2.75, 3.05) is 25.5 Å². The average molecular weight is 453 g/mol. The second-order valence-electron chi connectivity index (χ2n) is 7.81. The number of rotatable bonds is 6. The van der Waals surface area contributed by atoms with Crippen LogP contribution in [0.4, 0.5) is 5.69 Å². The molecule has 1 aromatic heterocycles. The molecule has 1 N–H and O–H groups in total. The Morgan fingerprint density at radius 2 is 1.91 bits per heavy atom. The largest absolute Gasteiger partial charge is 0.496 e. The van der Waals surface area contributed by atoms with E-state index >= 15 is 0 Å². The van der Waals surface area contributed by atoms with Crippen LogP contribution in [0.2, 0.25) is 5.02 Å². The van der Waals surface area contributed by atoms with Crippen LogP contribution in [0.3, 0.4) is 0 Å². The highest BCUT2D eigenvalue weighted by atomic mass is 35.5. The van der Waals surface area contributed by atoms with Crippen molar-refractivity contribution in [3.63, 3.8) is 0 Å². The Hall–Kier alpha value is -3.32. The van der Waals surface area contributed by atoms with E-state index < -0.39 is 0 Å².